The van der Waals surface area contributed by atoms with Crippen LogP contribution in [0.5, 0.6) is 0 Å². The van der Waals surface area contributed by atoms with Crippen molar-refractivity contribution < 1.29 is 9.72 Å². The maximum Gasteiger partial charge on any atom is 0.269 e. The summed E-state index contributed by atoms with van der Waals surface area (Å²) >= 11 is 2.76. The van der Waals surface area contributed by atoms with Gasteiger partial charge in [0.25, 0.3) is 5.69 Å². The monoisotopic (exact) mass is 403 g/mol. The van der Waals surface area contributed by atoms with Gasteiger partial charge in [0.2, 0.25) is 5.91 Å². The van der Waals surface area contributed by atoms with Gasteiger partial charge in [-0.15, -0.1) is 11.3 Å². The minimum atomic E-state index is -0.479. The molecular formula is C17H17N5O3S2. The number of hydrogen-bond donors (Lipinski definition) is 1. The average Bonchev–Trinajstić information content (AvgIpc) is 2.93. The lowest BCUT2D eigenvalue weighted by molar-refractivity contribution is -0.384. The van der Waals surface area contributed by atoms with E-state index in [2.05, 4.69) is 9.97 Å². The number of fused-ring (bicyclic) bond motifs is 1. The highest BCUT2D eigenvalue weighted by Crippen LogP contribution is 2.33. The standard InChI is InChI=1S/C17H17N5O3S2/c1-9-10(2)27-16-14(9)15(18)19-17(20-16)26-8-13(23)21(3)11-4-6-12(7-5-11)22(24)25/h4-7H,8H2,1-3H3,(H2,18,19,20). The molecule has 8 nitrogen and oxygen atoms in total. The van der Waals surface area contributed by atoms with Gasteiger partial charge < -0.3 is 10.6 Å². The van der Waals surface area contributed by atoms with E-state index in [1.807, 2.05) is 13.8 Å². The molecule has 2 N–H and O–H groups in total. The van der Waals surface area contributed by atoms with Crippen molar-refractivity contribution >= 4 is 56.4 Å². The lowest BCUT2D eigenvalue weighted by Crippen LogP contribution is -2.27. The van der Waals surface area contributed by atoms with Crippen molar-refractivity contribution in [2.45, 2.75) is 19.0 Å². The molecule has 1 aromatic carbocycles. The first-order valence-corrected chi connectivity index (χ1v) is 9.75. The first-order chi connectivity index (χ1) is 12.8. The first-order valence-electron chi connectivity index (χ1n) is 7.95. The Kier molecular flexibility index (Phi) is 5.29. The van der Waals surface area contributed by atoms with Gasteiger partial charge in [0.1, 0.15) is 10.6 Å². The zero-order chi connectivity index (χ0) is 19.7. The van der Waals surface area contributed by atoms with Crippen molar-refractivity contribution in [1.29, 1.82) is 0 Å². The number of nitro groups is 1. The van der Waals surface area contributed by atoms with Crippen LogP contribution in [-0.2, 0) is 4.79 Å². The number of nitrogens with zero attached hydrogens (tertiary/aromatic N) is 4. The molecule has 0 spiro atoms. The topological polar surface area (TPSA) is 115 Å². The number of amides is 1. The Morgan fingerprint density at radius 3 is 2.59 bits per heavy atom. The average molecular weight is 403 g/mol. The van der Waals surface area contributed by atoms with E-state index in [1.165, 1.54) is 28.8 Å². The van der Waals surface area contributed by atoms with Gasteiger partial charge in [0, 0.05) is 29.7 Å². The molecule has 27 heavy (non-hydrogen) atoms. The van der Waals surface area contributed by atoms with Crippen LogP contribution in [-0.4, -0.2) is 33.6 Å². The normalized spacial score (nSPS) is 10.9. The maximum atomic E-state index is 12.4. The van der Waals surface area contributed by atoms with Crippen molar-refractivity contribution in [2.75, 3.05) is 23.4 Å². The number of nitro benzene ring substituents is 1. The number of aromatic nitrogens is 2. The van der Waals surface area contributed by atoms with Crippen LogP contribution in [0.1, 0.15) is 10.4 Å². The van der Waals surface area contributed by atoms with Gasteiger partial charge in [-0.25, -0.2) is 9.97 Å². The number of rotatable bonds is 5. The number of hydrogen-bond acceptors (Lipinski definition) is 8. The summed E-state index contributed by atoms with van der Waals surface area (Å²) in [6, 6.07) is 5.81. The van der Waals surface area contributed by atoms with Crippen LogP contribution < -0.4 is 10.6 Å². The van der Waals surface area contributed by atoms with E-state index in [9.17, 15) is 14.9 Å². The number of carbonyl (C=O) groups excluding carboxylic acids is 1. The molecule has 3 aromatic rings. The third-order valence-electron chi connectivity index (χ3n) is 4.18. The fourth-order valence-electron chi connectivity index (χ4n) is 2.49. The minimum Gasteiger partial charge on any atom is -0.383 e. The second kappa shape index (κ2) is 7.49. The van der Waals surface area contributed by atoms with E-state index in [-0.39, 0.29) is 17.3 Å². The second-order valence-electron chi connectivity index (χ2n) is 5.87. The molecule has 0 fully saturated rings. The largest absolute Gasteiger partial charge is 0.383 e. The Balaban J connectivity index is 1.71. The summed E-state index contributed by atoms with van der Waals surface area (Å²) in [5.41, 5.74) is 7.70. The molecule has 0 atom stereocenters. The molecule has 140 valence electrons. The van der Waals surface area contributed by atoms with Gasteiger partial charge in [-0.2, -0.15) is 0 Å². The van der Waals surface area contributed by atoms with Crippen LogP contribution in [0.15, 0.2) is 29.4 Å². The molecule has 0 aliphatic carbocycles. The predicted molar refractivity (Wildman–Crippen MR) is 109 cm³/mol. The van der Waals surface area contributed by atoms with Gasteiger partial charge in [-0.3, -0.25) is 14.9 Å². The Hall–Kier alpha value is -2.72. The molecule has 0 radical (unpaired) electrons. The summed E-state index contributed by atoms with van der Waals surface area (Å²) in [4.78, 5) is 34.9. The molecule has 0 aliphatic rings. The Morgan fingerprint density at radius 1 is 1.30 bits per heavy atom. The van der Waals surface area contributed by atoms with E-state index >= 15 is 0 Å². The molecule has 10 heteroatoms. The number of carbonyl (C=O) groups is 1. The van der Waals surface area contributed by atoms with Crippen LogP contribution in [0.25, 0.3) is 10.2 Å². The summed E-state index contributed by atoms with van der Waals surface area (Å²) in [7, 11) is 1.62. The smallest absolute Gasteiger partial charge is 0.269 e. The number of non-ortho nitro benzene ring substituents is 1. The summed E-state index contributed by atoms with van der Waals surface area (Å²) < 4.78 is 0. The van der Waals surface area contributed by atoms with Crippen molar-refractivity contribution in [3.8, 4) is 0 Å². The molecule has 0 aliphatic heterocycles. The molecule has 0 saturated heterocycles. The summed E-state index contributed by atoms with van der Waals surface area (Å²) in [6.45, 7) is 4.00. The van der Waals surface area contributed by atoms with E-state index < -0.39 is 4.92 Å². The molecular weight excluding hydrogens is 386 g/mol. The van der Waals surface area contributed by atoms with E-state index in [1.54, 1.807) is 30.5 Å². The van der Waals surface area contributed by atoms with Crippen LogP contribution in [0.2, 0.25) is 0 Å². The third kappa shape index (κ3) is 3.86. The van der Waals surface area contributed by atoms with Gasteiger partial charge in [-0.05, 0) is 31.5 Å². The lowest BCUT2D eigenvalue weighted by atomic mass is 10.2. The quantitative estimate of drug-likeness (QED) is 0.300. The number of nitrogens with two attached hydrogens (primary N) is 1. The lowest BCUT2D eigenvalue weighted by Gasteiger charge is -2.16. The number of benzene rings is 1. The van der Waals surface area contributed by atoms with Gasteiger partial charge in [0.15, 0.2) is 5.16 Å². The summed E-state index contributed by atoms with van der Waals surface area (Å²) in [6.07, 6.45) is 0. The summed E-state index contributed by atoms with van der Waals surface area (Å²) in [5.74, 6) is 0.372. The van der Waals surface area contributed by atoms with Crippen molar-refractivity contribution in [1.82, 2.24) is 9.97 Å². The maximum absolute atomic E-state index is 12.4. The summed E-state index contributed by atoms with van der Waals surface area (Å²) in [5, 5.41) is 12.0. The van der Waals surface area contributed by atoms with Crippen LogP contribution in [0, 0.1) is 24.0 Å². The van der Waals surface area contributed by atoms with Crippen molar-refractivity contribution in [3.05, 3.63) is 44.8 Å². The highest BCUT2D eigenvalue weighted by atomic mass is 32.2. The molecule has 0 unspecified atom stereocenters. The van der Waals surface area contributed by atoms with Gasteiger partial charge in [-0.1, -0.05) is 11.8 Å². The minimum absolute atomic E-state index is 0.0207. The zero-order valence-electron chi connectivity index (χ0n) is 14.9. The zero-order valence-corrected chi connectivity index (χ0v) is 16.6. The number of aryl methyl sites for hydroxylation is 2. The highest BCUT2D eigenvalue weighted by molar-refractivity contribution is 7.99. The van der Waals surface area contributed by atoms with Gasteiger partial charge in [0.05, 0.1) is 16.1 Å². The predicted octanol–water partition coefficient (Wildman–Crippen LogP) is 3.55. The number of nitrogen functional groups attached to an aromatic ring is 1. The van der Waals surface area contributed by atoms with Crippen molar-refractivity contribution in [3.63, 3.8) is 0 Å². The molecule has 0 saturated carbocycles. The second-order valence-corrected chi connectivity index (χ2v) is 8.02. The molecule has 1 amide bonds. The highest BCUT2D eigenvalue weighted by Gasteiger charge is 2.16. The van der Waals surface area contributed by atoms with Crippen molar-refractivity contribution in [2.24, 2.45) is 0 Å². The van der Waals surface area contributed by atoms with E-state index in [4.69, 9.17) is 5.73 Å². The number of thioether (sulfide) groups is 1. The number of anilines is 2. The molecule has 2 heterocycles. The Bertz CT molecular complexity index is 1030. The fraction of sp³-hybridized carbons (Fsp3) is 0.235. The third-order valence-corrected chi connectivity index (χ3v) is 6.12. The first kappa shape index (κ1) is 19.1. The number of thiophene rings is 1. The van der Waals surface area contributed by atoms with E-state index in [0.717, 1.165) is 20.7 Å². The van der Waals surface area contributed by atoms with Crippen LogP contribution >= 0.6 is 23.1 Å². The fourth-order valence-corrected chi connectivity index (χ4v) is 4.35. The van der Waals surface area contributed by atoms with Crippen LogP contribution in [0.4, 0.5) is 17.2 Å². The molecule has 0 bridgehead atoms. The molecule has 3 rings (SSSR count). The Morgan fingerprint density at radius 2 is 1.96 bits per heavy atom. The van der Waals surface area contributed by atoms with E-state index in [0.29, 0.717) is 16.7 Å². The Labute approximate surface area is 163 Å². The molecule has 2 aromatic heterocycles. The van der Waals surface area contributed by atoms with Gasteiger partial charge >= 0.3 is 0 Å². The van der Waals surface area contributed by atoms with Crippen LogP contribution in [0.3, 0.4) is 0 Å². The SMILES string of the molecule is Cc1sc2nc(SCC(=O)N(C)c3ccc([N+](=O)[O-])cc3)nc(N)c2c1C.